The zero-order valence-electron chi connectivity index (χ0n) is 20.0. The zero-order chi connectivity index (χ0) is 25.9. The molecule has 5 rings (SSSR count). The molecule has 2 fully saturated rings. The SMILES string of the molecule is CN1CC[C@]23CCCC[C@H]2[C@H]1Cc1ccc(Oc2ncccc2[N+](=O)[O-])cc13.O=C(O)/C=C/C(=O)O. The predicted octanol–water partition coefficient (Wildman–Crippen LogP) is 4.18. The van der Waals surface area contributed by atoms with E-state index in [4.69, 9.17) is 14.9 Å². The summed E-state index contributed by atoms with van der Waals surface area (Å²) in [6.45, 7) is 1.14. The number of fused-ring (bicyclic) bond motifs is 1. The van der Waals surface area contributed by atoms with E-state index in [9.17, 15) is 19.7 Å². The smallest absolute Gasteiger partial charge is 0.331 e. The van der Waals surface area contributed by atoms with Crippen molar-refractivity contribution in [2.75, 3.05) is 13.6 Å². The second kappa shape index (κ2) is 10.4. The third-order valence-corrected chi connectivity index (χ3v) is 7.62. The Kier molecular flexibility index (Phi) is 7.35. The van der Waals surface area contributed by atoms with Gasteiger partial charge in [0, 0.05) is 35.9 Å². The summed E-state index contributed by atoms with van der Waals surface area (Å²) in [5.74, 6) is -1.11. The minimum absolute atomic E-state index is 0.0576. The molecule has 2 heterocycles. The Morgan fingerprint density at radius 2 is 1.94 bits per heavy atom. The van der Waals surface area contributed by atoms with E-state index in [1.165, 1.54) is 55.5 Å². The van der Waals surface area contributed by atoms with Crippen molar-refractivity contribution in [3.05, 3.63) is 69.9 Å². The molecule has 0 spiro atoms. The van der Waals surface area contributed by atoms with Crippen LogP contribution in [0.15, 0.2) is 48.7 Å². The van der Waals surface area contributed by atoms with Crippen LogP contribution >= 0.6 is 0 Å². The van der Waals surface area contributed by atoms with Gasteiger partial charge >= 0.3 is 17.6 Å². The molecule has 190 valence electrons. The first kappa shape index (κ1) is 25.3. The van der Waals surface area contributed by atoms with Gasteiger partial charge in [-0.15, -0.1) is 0 Å². The largest absolute Gasteiger partial charge is 0.478 e. The van der Waals surface area contributed by atoms with Gasteiger partial charge in [-0.2, -0.15) is 0 Å². The Morgan fingerprint density at radius 3 is 2.64 bits per heavy atom. The second-order valence-electron chi connectivity index (χ2n) is 9.53. The van der Waals surface area contributed by atoms with Crippen LogP contribution < -0.4 is 4.74 Å². The molecule has 1 aromatic carbocycles. The lowest BCUT2D eigenvalue weighted by atomic mass is 9.52. The summed E-state index contributed by atoms with van der Waals surface area (Å²) in [6, 6.07) is 9.86. The van der Waals surface area contributed by atoms with Crippen LogP contribution in [0.2, 0.25) is 0 Å². The first-order valence-electron chi connectivity index (χ1n) is 12.0. The average molecular weight is 496 g/mol. The molecule has 1 aliphatic heterocycles. The lowest BCUT2D eigenvalue weighted by Crippen LogP contribution is -2.59. The van der Waals surface area contributed by atoms with Crippen LogP contribution in [0.3, 0.4) is 0 Å². The number of nitrogens with zero attached hydrogens (tertiary/aromatic N) is 3. The normalized spacial score (nSPS) is 24.6. The summed E-state index contributed by atoms with van der Waals surface area (Å²) in [5.41, 5.74) is 2.96. The predicted molar refractivity (Wildman–Crippen MR) is 130 cm³/mol. The molecule has 36 heavy (non-hydrogen) atoms. The fraction of sp³-hybridized carbons (Fsp3) is 0.423. The molecule has 2 N–H and O–H groups in total. The number of hydrogen-bond acceptors (Lipinski definition) is 7. The Morgan fingerprint density at radius 1 is 1.19 bits per heavy atom. The maximum atomic E-state index is 11.3. The lowest BCUT2D eigenvalue weighted by Gasteiger charge is -2.58. The molecule has 0 unspecified atom stereocenters. The number of hydrogen-bond donors (Lipinski definition) is 2. The zero-order valence-corrected chi connectivity index (χ0v) is 20.0. The van der Waals surface area contributed by atoms with Gasteiger partial charge in [-0.25, -0.2) is 14.6 Å². The lowest BCUT2D eigenvalue weighted by molar-refractivity contribution is -0.386. The van der Waals surface area contributed by atoms with E-state index >= 15 is 0 Å². The quantitative estimate of drug-likeness (QED) is 0.355. The molecule has 10 nitrogen and oxygen atoms in total. The average Bonchev–Trinajstić information content (AvgIpc) is 2.86. The minimum atomic E-state index is -1.26. The molecule has 0 radical (unpaired) electrons. The number of likely N-dealkylation sites (tertiary alicyclic amines) is 1. The molecule has 1 saturated heterocycles. The van der Waals surface area contributed by atoms with Crippen LogP contribution in [0.1, 0.15) is 43.2 Å². The molecular weight excluding hydrogens is 466 g/mol. The summed E-state index contributed by atoms with van der Waals surface area (Å²) in [4.78, 5) is 36.6. The Labute approximate surface area is 208 Å². The van der Waals surface area contributed by atoms with Gasteiger partial charge in [0.1, 0.15) is 5.75 Å². The Balaban J connectivity index is 0.000000331. The fourth-order valence-corrected chi connectivity index (χ4v) is 6.09. The number of aromatic nitrogens is 1. The first-order chi connectivity index (χ1) is 17.2. The highest BCUT2D eigenvalue weighted by Crippen LogP contribution is 2.56. The third-order valence-electron chi connectivity index (χ3n) is 7.62. The minimum Gasteiger partial charge on any atom is -0.478 e. The molecule has 10 heteroatoms. The molecule has 1 saturated carbocycles. The van der Waals surface area contributed by atoms with E-state index in [2.05, 4.69) is 29.1 Å². The summed E-state index contributed by atoms with van der Waals surface area (Å²) >= 11 is 0. The summed E-state index contributed by atoms with van der Waals surface area (Å²) in [7, 11) is 2.27. The van der Waals surface area contributed by atoms with Gasteiger partial charge in [0.2, 0.25) is 0 Å². The van der Waals surface area contributed by atoms with Gasteiger partial charge in [-0.1, -0.05) is 18.9 Å². The van der Waals surface area contributed by atoms with Gasteiger partial charge < -0.3 is 19.8 Å². The van der Waals surface area contributed by atoms with Crippen LogP contribution in [0.25, 0.3) is 0 Å². The monoisotopic (exact) mass is 495 g/mol. The Bertz CT molecular complexity index is 1180. The molecule has 1 aromatic heterocycles. The molecular formula is C26H29N3O7. The highest BCUT2D eigenvalue weighted by Gasteiger charge is 2.53. The van der Waals surface area contributed by atoms with Crippen molar-refractivity contribution in [1.82, 2.24) is 9.88 Å². The number of likely N-dealkylation sites (N-methyl/N-ethyl adjacent to an activating group) is 1. The van der Waals surface area contributed by atoms with Crippen LogP contribution in [-0.4, -0.2) is 56.6 Å². The van der Waals surface area contributed by atoms with Gasteiger partial charge in [0.05, 0.1) is 4.92 Å². The second-order valence-corrected chi connectivity index (χ2v) is 9.53. The molecule has 3 aliphatic rings. The maximum Gasteiger partial charge on any atom is 0.331 e. The Hall–Kier alpha value is -3.79. The van der Waals surface area contributed by atoms with Gasteiger partial charge in [0.15, 0.2) is 0 Å². The number of ether oxygens (including phenoxy) is 1. The van der Waals surface area contributed by atoms with Crippen LogP contribution in [0, 0.1) is 16.0 Å². The number of nitro groups is 1. The number of benzene rings is 1. The highest BCUT2D eigenvalue weighted by atomic mass is 16.6. The number of carboxylic acid groups (broad SMARTS) is 2. The van der Waals surface area contributed by atoms with E-state index in [1.54, 1.807) is 6.07 Å². The van der Waals surface area contributed by atoms with Crippen molar-refractivity contribution in [1.29, 1.82) is 0 Å². The standard InChI is InChI=1S/C22H25N3O3.C4H4O4/c1-24-12-10-22-9-3-2-5-17(22)20(24)13-15-7-8-16(14-18(15)22)28-21-19(25(26)27)6-4-11-23-21;5-3(6)1-2-4(7)8/h4,6-8,11,14,17,20H,2-3,5,9-10,12-13H2,1H3;1-2H,(H,5,6)(H,7,8)/b;2-1+/t17-,20+,22+;/m0./s1. The summed E-state index contributed by atoms with van der Waals surface area (Å²) in [6.07, 6.45) is 10.1. The number of rotatable bonds is 5. The van der Waals surface area contributed by atoms with Crippen LogP contribution in [0.5, 0.6) is 11.6 Å². The first-order valence-corrected chi connectivity index (χ1v) is 12.0. The van der Waals surface area contributed by atoms with Crippen molar-refractivity contribution >= 4 is 17.6 Å². The molecule has 2 aliphatic carbocycles. The highest BCUT2D eigenvalue weighted by molar-refractivity contribution is 5.89. The van der Waals surface area contributed by atoms with Crippen LogP contribution in [0.4, 0.5) is 5.69 Å². The maximum absolute atomic E-state index is 11.3. The van der Waals surface area contributed by atoms with Gasteiger partial charge in [-0.3, -0.25) is 10.1 Å². The van der Waals surface area contributed by atoms with Crippen molar-refractivity contribution in [2.24, 2.45) is 5.92 Å². The van der Waals surface area contributed by atoms with E-state index in [0.717, 1.165) is 13.0 Å². The van der Waals surface area contributed by atoms with Crippen molar-refractivity contribution in [3.63, 3.8) is 0 Å². The number of piperidine rings is 1. The number of carbonyl (C=O) groups is 2. The fourth-order valence-electron chi connectivity index (χ4n) is 6.09. The van der Waals surface area contributed by atoms with E-state index in [0.29, 0.717) is 29.9 Å². The molecule has 2 aromatic rings. The number of aliphatic carboxylic acids is 2. The topological polar surface area (TPSA) is 143 Å². The number of carboxylic acids is 2. The molecule has 3 atom stereocenters. The third kappa shape index (κ3) is 5.08. The number of pyridine rings is 1. The van der Waals surface area contributed by atoms with Crippen LogP contribution in [-0.2, 0) is 21.4 Å². The van der Waals surface area contributed by atoms with E-state index in [1.807, 2.05) is 6.07 Å². The van der Waals surface area contributed by atoms with Crippen molar-refractivity contribution < 1.29 is 29.5 Å². The van der Waals surface area contributed by atoms with E-state index < -0.39 is 16.9 Å². The molecule has 0 amide bonds. The van der Waals surface area contributed by atoms with Gasteiger partial charge in [-0.05, 0) is 74.5 Å². The summed E-state index contributed by atoms with van der Waals surface area (Å²) in [5, 5.41) is 26.9. The molecule has 2 bridgehead atoms. The van der Waals surface area contributed by atoms with Gasteiger partial charge in [0.25, 0.3) is 5.88 Å². The summed E-state index contributed by atoms with van der Waals surface area (Å²) < 4.78 is 5.91. The van der Waals surface area contributed by atoms with Crippen molar-refractivity contribution in [2.45, 2.75) is 50.0 Å². The van der Waals surface area contributed by atoms with E-state index in [-0.39, 0.29) is 17.0 Å². The van der Waals surface area contributed by atoms with Crippen molar-refractivity contribution in [3.8, 4) is 11.6 Å².